The van der Waals surface area contributed by atoms with Gasteiger partial charge in [-0.2, -0.15) is 0 Å². The number of hydrogen-bond acceptors (Lipinski definition) is 6. The molecular weight excluding hydrogens is 593 g/mol. The fourth-order valence-electron chi connectivity index (χ4n) is 4.59. The molecule has 0 bridgehead atoms. The molecule has 0 aliphatic carbocycles. The predicted molar refractivity (Wildman–Crippen MR) is 159 cm³/mol. The fraction of sp³-hybridized carbons (Fsp3) is 0.467. The molecule has 8 heteroatoms. The summed E-state index contributed by atoms with van der Waals surface area (Å²) in [5.41, 5.74) is 5.27. The Morgan fingerprint density at radius 1 is 1.05 bits per heavy atom. The zero-order valence-electron chi connectivity index (χ0n) is 22.9. The third-order valence-corrected chi connectivity index (χ3v) is 7.58. The summed E-state index contributed by atoms with van der Waals surface area (Å²) in [6.07, 6.45) is 4.97. The standard InChI is InChI=1S/C30H38IN3O4/c1-5-8-14-36-25-18-26(37-15-9-6-2)24(31)17-23(25)29-27(28(33-38-29)30(35)32-7-3)21-10-11-22-19-34(4)13-12-20(22)16-21/h10-11,16-18H,5-9,12-15,19H2,1-4H3,(H,32,35). The van der Waals surface area contributed by atoms with Crippen LogP contribution in [0.2, 0.25) is 0 Å². The van der Waals surface area contributed by atoms with Gasteiger partial charge in [0.2, 0.25) is 0 Å². The van der Waals surface area contributed by atoms with Crippen LogP contribution in [0.1, 0.15) is 68.1 Å². The van der Waals surface area contributed by atoms with Crippen molar-refractivity contribution >= 4 is 28.5 Å². The molecule has 204 valence electrons. The number of nitrogens with zero attached hydrogens (tertiary/aromatic N) is 2. The van der Waals surface area contributed by atoms with E-state index in [1.807, 2.05) is 19.1 Å². The normalized spacial score (nSPS) is 13.3. The Kier molecular flexibility index (Phi) is 10.1. The number of likely N-dealkylation sites (N-methyl/N-ethyl adjacent to an activating group) is 1. The lowest BCUT2D eigenvalue weighted by Crippen LogP contribution is -2.26. The summed E-state index contributed by atoms with van der Waals surface area (Å²) < 4.78 is 19.3. The number of amides is 1. The number of aromatic nitrogens is 1. The van der Waals surface area contributed by atoms with Gasteiger partial charge >= 0.3 is 0 Å². The smallest absolute Gasteiger partial charge is 0.274 e. The van der Waals surface area contributed by atoms with Gasteiger partial charge in [-0.1, -0.05) is 50.0 Å². The van der Waals surface area contributed by atoms with Crippen molar-refractivity contribution in [1.82, 2.24) is 15.4 Å². The van der Waals surface area contributed by atoms with Crippen LogP contribution in [-0.4, -0.2) is 49.3 Å². The van der Waals surface area contributed by atoms with E-state index in [-0.39, 0.29) is 11.6 Å². The third kappa shape index (κ3) is 6.51. The average Bonchev–Trinajstić information content (AvgIpc) is 3.35. The van der Waals surface area contributed by atoms with Crippen LogP contribution in [0.15, 0.2) is 34.9 Å². The zero-order valence-corrected chi connectivity index (χ0v) is 25.0. The van der Waals surface area contributed by atoms with Crippen molar-refractivity contribution in [3.05, 3.63) is 50.7 Å². The molecule has 2 heterocycles. The van der Waals surface area contributed by atoms with Gasteiger partial charge in [0.05, 0.1) is 27.9 Å². The minimum absolute atomic E-state index is 0.252. The van der Waals surface area contributed by atoms with Gasteiger partial charge in [-0.15, -0.1) is 0 Å². The Balaban J connectivity index is 1.84. The lowest BCUT2D eigenvalue weighted by Gasteiger charge is -2.25. The van der Waals surface area contributed by atoms with E-state index in [1.54, 1.807) is 0 Å². The quantitative estimate of drug-likeness (QED) is 0.177. The van der Waals surface area contributed by atoms with Crippen LogP contribution in [0.3, 0.4) is 0 Å². The van der Waals surface area contributed by atoms with Crippen LogP contribution in [0, 0.1) is 3.57 Å². The number of halogens is 1. The van der Waals surface area contributed by atoms with Gasteiger partial charge in [0, 0.05) is 25.7 Å². The SMILES string of the molecule is CCCCOc1cc(OCCCC)c(-c2onc(C(=O)NCC)c2-c2ccc3c(c2)CCN(C)C3)cc1I. The van der Waals surface area contributed by atoms with Crippen molar-refractivity contribution in [2.75, 3.05) is 33.4 Å². The Bertz CT molecular complexity index is 1260. The Labute approximate surface area is 239 Å². The highest BCUT2D eigenvalue weighted by molar-refractivity contribution is 14.1. The molecule has 0 fully saturated rings. The average molecular weight is 632 g/mol. The molecule has 2 aromatic carbocycles. The Morgan fingerprint density at radius 2 is 1.79 bits per heavy atom. The highest BCUT2D eigenvalue weighted by atomic mass is 127. The van der Waals surface area contributed by atoms with Crippen molar-refractivity contribution in [3.8, 4) is 33.9 Å². The lowest BCUT2D eigenvalue weighted by atomic mass is 9.92. The molecule has 1 aromatic heterocycles. The number of unbranched alkanes of at least 4 members (excludes halogenated alkanes) is 2. The van der Waals surface area contributed by atoms with Crippen LogP contribution in [0.25, 0.3) is 22.5 Å². The topological polar surface area (TPSA) is 76.8 Å². The van der Waals surface area contributed by atoms with E-state index in [9.17, 15) is 4.79 Å². The van der Waals surface area contributed by atoms with E-state index in [4.69, 9.17) is 14.0 Å². The first-order valence-electron chi connectivity index (χ1n) is 13.6. The second-order valence-corrected chi connectivity index (χ2v) is 10.9. The molecule has 0 saturated carbocycles. The third-order valence-electron chi connectivity index (χ3n) is 6.73. The van der Waals surface area contributed by atoms with E-state index >= 15 is 0 Å². The van der Waals surface area contributed by atoms with Crippen LogP contribution in [0.4, 0.5) is 0 Å². The molecule has 7 nitrogen and oxygen atoms in total. The molecule has 4 rings (SSSR count). The van der Waals surface area contributed by atoms with Crippen LogP contribution < -0.4 is 14.8 Å². The molecular formula is C30H38IN3O4. The number of nitrogens with one attached hydrogen (secondary N) is 1. The number of ether oxygens (including phenoxy) is 2. The second kappa shape index (κ2) is 13.5. The second-order valence-electron chi connectivity index (χ2n) is 9.75. The summed E-state index contributed by atoms with van der Waals surface area (Å²) in [6.45, 7) is 9.84. The first-order chi connectivity index (χ1) is 18.5. The van der Waals surface area contributed by atoms with E-state index in [0.29, 0.717) is 36.8 Å². The summed E-state index contributed by atoms with van der Waals surface area (Å²) in [6, 6.07) is 10.4. The van der Waals surface area contributed by atoms with Gasteiger partial charge in [-0.25, -0.2) is 0 Å². The van der Waals surface area contributed by atoms with E-state index in [0.717, 1.165) is 65.6 Å². The van der Waals surface area contributed by atoms with Crippen molar-refractivity contribution in [3.63, 3.8) is 0 Å². The maximum atomic E-state index is 13.1. The molecule has 1 N–H and O–H groups in total. The van der Waals surface area contributed by atoms with Crippen molar-refractivity contribution in [1.29, 1.82) is 0 Å². The van der Waals surface area contributed by atoms with Crippen LogP contribution >= 0.6 is 22.6 Å². The molecule has 1 amide bonds. The fourth-order valence-corrected chi connectivity index (χ4v) is 5.21. The van der Waals surface area contributed by atoms with Crippen molar-refractivity contribution in [2.45, 2.75) is 59.4 Å². The molecule has 0 saturated heterocycles. The highest BCUT2D eigenvalue weighted by Gasteiger charge is 2.28. The monoisotopic (exact) mass is 631 g/mol. The van der Waals surface area contributed by atoms with Gasteiger partial charge in [0.1, 0.15) is 11.5 Å². The number of benzene rings is 2. The number of fused-ring (bicyclic) bond motifs is 1. The molecule has 0 spiro atoms. The van der Waals surface area contributed by atoms with Crippen LogP contribution in [0.5, 0.6) is 11.5 Å². The van der Waals surface area contributed by atoms with E-state index < -0.39 is 0 Å². The minimum atomic E-state index is -0.252. The van der Waals surface area contributed by atoms with Gasteiger partial charge < -0.3 is 24.2 Å². The summed E-state index contributed by atoms with van der Waals surface area (Å²) in [4.78, 5) is 15.4. The number of carbonyl (C=O) groups is 1. The van der Waals surface area contributed by atoms with Crippen LogP contribution in [-0.2, 0) is 13.0 Å². The molecule has 0 radical (unpaired) electrons. The summed E-state index contributed by atoms with van der Waals surface area (Å²) in [7, 11) is 2.14. The maximum Gasteiger partial charge on any atom is 0.274 e. The summed E-state index contributed by atoms with van der Waals surface area (Å²) in [5.74, 6) is 1.74. The van der Waals surface area contributed by atoms with Crippen molar-refractivity contribution < 1.29 is 18.8 Å². The van der Waals surface area contributed by atoms with Gasteiger partial charge in [0.15, 0.2) is 11.5 Å². The maximum absolute atomic E-state index is 13.1. The number of hydrogen-bond donors (Lipinski definition) is 1. The first kappa shape index (κ1) is 28.4. The van der Waals surface area contributed by atoms with Gasteiger partial charge in [-0.05, 0) is 78.6 Å². The summed E-state index contributed by atoms with van der Waals surface area (Å²) >= 11 is 2.29. The largest absolute Gasteiger partial charge is 0.493 e. The predicted octanol–water partition coefficient (Wildman–Crippen LogP) is 6.71. The number of rotatable bonds is 12. The zero-order chi connectivity index (χ0) is 27.1. The molecule has 0 atom stereocenters. The molecule has 38 heavy (non-hydrogen) atoms. The lowest BCUT2D eigenvalue weighted by molar-refractivity contribution is 0.0947. The molecule has 1 aliphatic rings. The van der Waals surface area contributed by atoms with Gasteiger partial charge in [0.25, 0.3) is 5.91 Å². The van der Waals surface area contributed by atoms with Gasteiger partial charge in [-0.3, -0.25) is 4.79 Å². The molecule has 1 aliphatic heterocycles. The Hall–Kier alpha value is -2.59. The van der Waals surface area contributed by atoms with E-state index in [1.165, 1.54) is 11.1 Å². The highest BCUT2D eigenvalue weighted by Crippen LogP contribution is 2.43. The number of carbonyl (C=O) groups excluding carboxylic acids is 1. The first-order valence-corrected chi connectivity index (χ1v) is 14.7. The molecule has 3 aromatic rings. The Morgan fingerprint density at radius 3 is 2.50 bits per heavy atom. The molecule has 0 unspecified atom stereocenters. The van der Waals surface area contributed by atoms with E-state index in [2.05, 4.69) is 77.1 Å². The van der Waals surface area contributed by atoms with Crippen molar-refractivity contribution in [2.24, 2.45) is 0 Å². The minimum Gasteiger partial charge on any atom is -0.493 e. The summed E-state index contributed by atoms with van der Waals surface area (Å²) in [5, 5.41) is 7.17.